The Hall–Kier alpha value is -2.15. The van der Waals surface area contributed by atoms with Crippen molar-refractivity contribution in [3.05, 3.63) is 70.8 Å². The van der Waals surface area contributed by atoms with E-state index in [1.165, 1.54) is 6.92 Å². The third kappa shape index (κ3) is 7.42. The molecule has 0 N–H and O–H groups in total. The number of ether oxygens (including phenoxy) is 2. The predicted molar refractivity (Wildman–Crippen MR) is 114 cm³/mol. The number of rotatable bonds is 7. The summed E-state index contributed by atoms with van der Waals surface area (Å²) in [5, 5.41) is 0. The molecule has 1 aliphatic heterocycles. The zero-order chi connectivity index (χ0) is 26.0. The Bertz CT molecular complexity index is 1070. The molecule has 0 saturated carbocycles. The molecule has 3 rings (SSSR count). The maximum absolute atomic E-state index is 13.3. The van der Waals surface area contributed by atoms with E-state index >= 15 is 0 Å². The van der Waals surface area contributed by atoms with E-state index in [2.05, 4.69) is 0 Å². The molecule has 0 spiro atoms. The van der Waals surface area contributed by atoms with Gasteiger partial charge in [-0.2, -0.15) is 34.8 Å². The fourth-order valence-corrected chi connectivity index (χ4v) is 4.38. The molecule has 35 heavy (non-hydrogen) atoms. The quantitative estimate of drug-likeness (QED) is 0.331. The first-order valence-corrected chi connectivity index (χ1v) is 12.4. The van der Waals surface area contributed by atoms with Gasteiger partial charge in [0.05, 0.1) is 36.7 Å². The lowest BCUT2D eigenvalue weighted by atomic mass is 9.82. The number of hydrogen-bond donors (Lipinski definition) is 0. The Labute approximate surface area is 199 Å². The van der Waals surface area contributed by atoms with E-state index in [9.17, 15) is 34.8 Å². The van der Waals surface area contributed by atoms with Crippen LogP contribution in [0, 0.1) is 5.92 Å². The van der Waals surface area contributed by atoms with E-state index in [1.807, 2.05) is 0 Å². The Morgan fingerprint density at radius 2 is 1.57 bits per heavy atom. The average Bonchev–Trinajstić information content (AvgIpc) is 2.76. The number of hydrogen-bond acceptors (Lipinski definition) is 5. The van der Waals surface area contributed by atoms with E-state index in [-0.39, 0.29) is 24.8 Å². The second-order valence-corrected chi connectivity index (χ2v) is 9.97. The fraction of sp³-hybridized carbons (Fsp3) is 0.478. The van der Waals surface area contributed by atoms with Gasteiger partial charge in [-0.05, 0) is 48.6 Å². The minimum absolute atomic E-state index is 0.0542. The van der Waals surface area contributed by atoms with Crippen LogP contribution in [-0.4, -0.2) is 34.2 Å². The molecule has 0 aliphatic carbocycles. The average molecular weight is 526 g/mol. The molecule has 1 fully saturated rings. The molecular weight excluding hydrogens is 502 g/mol. The van der Waals surface area contributed by atoms with Gasteiger partial charge in [0, 0.05) is 5.92 Å². The summed E-state index contributed by atoms with van der Waals surface area (Å²) in [6, 6.07) is 10.0. The van der Waals surface area contributed by atoms with Gasteiger partial charge in [0.15, 0.2) is 6.29 Å². The van der Waals surface area contributed by atoms with Crippen molar-refractivity contribution in [3.8, 4) is 0 Å². The molecule has 1 heterocycles. The zero-order valence-corrected chi connectivity index (χ0v) is 19.6. The van der Waals surface area contributed by atoms with Gasteiger partial charge in [-0.3, -0.25) is 4.18 Å². The SMILES string of the molecule is CC(O[C@H]1OCC[C@@H](COS(C)(=O)=O)[C@@H]1c1ccccc1)c1cc(C(F)(F)F)cc(C(F)(F)F)c1. The van der Waals surface area contributed by atoms with E-state index in [4.69, 9.17) is 13.7 Å². The number of halogens is 6. The van der Waals surface area contributed by atoms with E-state index in [0.717, 1.165) is 6.26 Å². The number of benzene rings is 2. The molecule has 194 valence electrons. The standard InChI is InChI=1S/C23H24F6O5S/c1-14(17-10-18(22(24,25)26)12-19(11-17)23(27,28)29)34-21-20(15-6-4-3-5-7-15)16(8-9-32-21)13-33-35(2,30)31/h3-7,10-12,14,16,20-21H,8-9,13H2,1-2H3/t14?,16-,20-,21+/m0/s1. The second kappa shape index (κ2) is 10.5. The first-order valence-electron chi connectivity index (χ1n) is 10.6. The minimum Gasteiger partial charge on any atom is -0.352 e. The summed E-state index contributed by atoms with van der Waals surface area (Å²) in [5.74, 6) is -0.979. The van der Waals surface area contributed by atoms with Gasteiger partial charge >= 0.3 is 12.4 Å². The predicted octanol–water partition coefficient (Wildman–Crippen LogP) is 5.92. The van der Waals surface area contributed by atoms with Crippen molar-refractivity contribution < 1.29 is 48.4 Å². The van der Waals surface area contributed by atoms with Crippen molar-refractivity contribution in [1.29, 1.82) is 0 Å². The van der Waals surface area contributed by atoms with Crippen molar-refractivity contribution in [2.24, 2.45) is 5.92 Å². The van der Waals surface area contributed by atoms with Crippen LogP contribution in [0.5, 0.6) is 0 Å². The van der Waals surface area contributed by atoms with Crippen LogP contribution in [-0.2, 0) is 36.1 Å². The highest BCUT2D eigenvalue weighted by Crippen LogP contribution is 2.41. The molecule has 1 aliphatic rings. The van der Waals surface area contributed by atoms with Crippen LogP contribution in [0.4, 0.5) is 26.3 Å². The summed E-state index contributed by atoms with van der Waals surface area (Å²) < 4.78 is 119. The Morgan fingerprint density at radius 3 is 2.09 bits per heavy atom. The fourth-order valence-electron chi connectivity index (χ4n) is 3.96. The van der Waals surface area contributed by atoms with E-state index < -0.39 is 57.8 Å². The maximum Gasteiger partial charge on any atom is 0.416 e. The van der Waals surface area contributed by atoms with Crippen molar-refractivity contribution >= 4 is 10.1 Å². The van der Waals surface area contributed by atoms with Crippen molar-refractivity contribution in [3.63, 3.8) is 0 Å². The highest BCUT2D eigenvalue weighted by atomic mass is 32.2. The maximum atomic E-state index is 13.3. The Morgan fingerprint density at radius 1 is 1.00 bits per heavy atom. The summed E-state index contributed by atoms with van der Waals surface area (Å²) in [7, 11) is -3.74. The first kappa shape index (κ1) is 27.4. The second-order valence-electron chi connectivity index (χ2n) is 8.33. The third-order valence-corrected chi connectivity index (χ3v) is 6.23. The molecular formula is C23H24F6O5S. The van der Waals surface area contributed by atoms with Crippen LogP contribution in [0.25, 0.3) is 0 Å². The summed E-state index contributed by atoms with van der Waals surface area (Å²) in [6.45, 7) is 1.28. The molecule has 0 aromatic heterocycles. The Kier molecular flexibility index (Phi) is 8.19. The molecule has 12 heteroatoms. The number of alkyl halides is 6. The molecule has 4 atom stereocenters. The summed E-state index contributed by atoms with van der Waals surface area (Å²) in [6.07, 6.45) is -10.9. The van der Waals surface area contributed by atoms with Crippen LogP contribution in [0.15, 0.2) is 48.5 Å². The van der Waals surface area contributed by atoms with Crippen LogP contribution in [0.1, 0.15) is 47.6 Å². The van der Waals surface area contributed by atoms with Gasteiger partial charge in [-0.15, -0.1) is 0 Å². The van der Waals surface area contributed by atoms with E-state index in [1.54, 1.807) is 30.3 Å². The highest BCUT2D eigenvalue weighted by molar-refractivity contribution is 7.85. The van der Waals surface area contributed by atoms with E-state index in [0.29, 0.717) is 24.1 Å². The van der Waals surface area contributed by atoms with Gasteiger partial charge in [0.1, 0.15) is 0 Å². The monoisotopic (exact) mass is 526 g/mol. The molecule has 0 bridgehead atoms. The van der Waals surface area contributed by atoms with Crippen LogP contribution in [0.2, 0.25) is 0 Å². The molecule has 0 amide bonds. The van der Waals surface area contributed by atoms with Crippen molar-refractivity contribution in [2.75, 3.05) is 19.5 Å². The largest absolute Gasteiger partial charge is 0.416 e. The Balaban J connectivity index is 1.93. The molecule has 1 unspecified atom stereocenters. The lowest BCUT2D eigenvalue weighted by molar-refractivity contribution is -0.211. The molecule has 2 aromatic carbocycles. The zero-order valence-electron chi connectivity index (χ0n) is 18.8. The lowest BCUT2D eigenvalue weighted by Crippen LogP contribution is -2.39. The topological polar surface area (TPSA) is 61.8 Å². The summed E-state index contributed by atoms with van der Waals surface area (Å²) in [5.41, 5.74) is -2.51. The third-order valence-electron chi connectivity index (χ3n) is 5.67. The van der Waals surface area contributed by atoms with Crippen LogP contribution < -0.4 is 0 Å². The lowest BCUT2D eigenvalue weighted by Gasteiger charge is -2.39. The first-order chi connectivity index (χ1) is 16.1. The van der Waals surface area contributed by atoms with Gasteiger partial charge in [0.25, 0.3) is 10.1 Å². The molecule has 0 radical (unpaired) electrons. The highest BCUT2D eigenvalue weighted by Gasteiger charge is 2.40. The van der Waals surface area contributed by atoms with Gasteiger partial charge in [0.2, 0.25) is 0 Å². The van der Waals surface area contributed by atoms with Crippen LogP contribution in [0.3, 0.4) is 0 Å². The van der Waals surface area contributed by atoms with Gasteiger partial charge in [-0.1, -0.05) is 30.3 Å². The summed E-state index contributed by atoms with van der Waals surface area (Å²) >= 11 is 0. The van der Waals surface area contributed by atoms with Crippen molar-refractivity contribution in [2.45, 2.75) is 44.0 Å². The van der Waals surface area contributed by atoms with Crippen LogP contribution >= 0.6 is 0 Å². The van der Waals surface area contributed by atoms with Gasteiger partial charge < -0.3 is 9.47 Å². The molecule has 1 saturated heterocycles. The minimum atomic E-state index is -4.99. The summed E-state index contributed by atoms with van der Waals surface area (Å²) in [4.78, 5) is 0. The molecule has 5 nitrogen and oxygen atoms in total. The smallest absolute Gasteiger partial charge is 0.352 e. The van der Waals surface area contributed by atoms with Gasteiger partial charge in [-0.25, -0.2) is 0 Å². The van der Waals surface area contributed by atoms with Crippen molar-refractivity contribution in [1.82, 2.24) is 0 Å². The normalized spacial score (nSPS) is 22.7. The molecule has 2 aromatic rings.